The van der Waals surface area contributed by atoms with Crippen molar-refractivity contribution in [1.82, 2.24) is 4.98 Å². The number of aliphatic hydroxyl groups is 1. The zero-order valence-electron chi connectivity index (χ0n) is 21.3. The number of benzene rings is 3. The molecule has 38 heavy (non-hydrogen) atoms. The third-order valence-electron chi connectivity index (χ3n) is 6.40. The van der Waals surface area contributed by atoms with Crippen molar-refractivity contribution in [3.63, 3.8) is 0 Å². The average molecular weight is 525 g/mol. The monoisotopic (exact) mass is 524 g/mol. The predicted molar refractivity (Wildman–Crippen MR) is 152 cm³/mol. The van der Waals surface area contributed by atoms with Crippen molar-refractivity contribution >= 4 is 44.5 Å². The number of thiazole rings is 1. The summed E-state index contributed by atoms with van der Waals surface area (Å²) in [7, 11) is 0. The van der Waals surface area contributed by atoms with Gasteiger partial charge >= 0.3 is 0 Å². The number of aryl methyl sites for hydroxylation is 1. The molecule has 4 aromatic rings. The Morgan fingerprint density at radius 1 is 1.11 bits per heavy atom. The molecule has 6 nitrogen and oxygen atoms in total. The molecule has 1 atom stereocenters. The van der Waals surface area contributed by atoms with Crippen LogP contribution in [0.2, 0.25) is 0 Å². The van der Waals surface area contributed by atoms with Crippen LogP contribution in [0.3, 0.4) is 0 Å². The minimum absolute atomic E-state index is 0.0252. The number of fused-ring (bicyclic) bond motifs is 1. The summed E-state index contributed by atoms with van der Waals surface area (Å²) in [5.41, 5.74) is 3.38. The average Bonchev–Trinajstić information content (AvgIpc) is 3.46. The van der Waals surface area contributed by atoms with Crippen LogP contribution < -0.4 is 9.64 Å². The van der Waals surface area contributed by atoms with Crippen molar-refractivity contribution in [1.29, 1.82) is 0 Å². The van der Waals surface area contributed by atoms with Crippen LogP contribution in [-0.2, 0) is 9.59 Å². The Labute approximate surface area is 225 Å². The smallest absolute Gasteiger partial charge is 0.296 e. The van der Waals surface area contributed by atoms with E-state index in [0.29, 0.717) is 23.1 Å². The molecule has 1 aliphatic heterocycles. The lowest BCUT2D eigenvalue weighted by molar-refractivity contribution is -0.117. The summed E-state index contributed by atoms with van der Waals surface area (Å²) in [4.78, 5) is 33.0. The molecular formula is C31H28N2O4S. The summed E-state index contributed by atoms with van der Waals surface area (Å²) in [6.07, 6.45) is 5.06. The second-order valence-corrected chi connectivity index (χ2v) is 10.2. The number of hydrogen-bond donors (Lipinski definition) is 1. The molecule has 1 aromatic heterocycles. The van der Waals surface area contributed by atoms with E-state index in [1.165, 1.54) is 22.3 Å². The molecule has 2 heterocycles. The van der Waals surface area contributed by atoms with Gasteiger partial charge in [-0.1, -0.05) is 79.3 Å². The maximum absolute atomic E-state index is 13.5. The number of rotatable bonds is 9. The molecule has 1 unspecified atom stereocenters. The number of amides is 1. The van der Waals surface area contributed by atoms with Gasteiger partial charge in [0, 0.05) is 0 Å². The van der Waals surface area contributed by atoms with E-state index >= 15 is 0 Å². The Morgan fingerprint density at radius 2 is 1.87 bits per heavy atom. The number of carbonyl (C=O) groups excluding carboxylic acids is 2. The van der Waals surface area contributed by atoms with E-state index in [4.69, 9.17) is 4.74 Å². The van der Waals surface area contributed by atoms with Gasteiger partial charge in [-0.2, -0.15) is 0 Å². The molecule has 1 amide bonds. The Morgan fingerprint density at radius 3 is 2.61 bits per heavy atom. The van der Waals surface area contributed by atoms with Crippen molar-refractivity contribution in [3.05, 3.63) is 107 Å². The molecule has 1 aliphatic rings. The highest BCUT2D eigenvalue weighted by molar-refractivity contribution is 7.22. The normalized spacial score (nSPS) is 15.7. The van der Waals surface area contributed by atoms with Gasteiger partial charge in [0.05, 0.1) is 28.4 Å². The highest BCUT2D eigenvalue weighted by atomic mass is 32.1. The van der Waals surface area contributed by atoms with Gasteiger partial charge in [-0.15, -0.1) is 0 Å². The van der Waals surface area contributed by atoms with Gasteiger partial charge in [0.25, 0.3) is 5.91 Å². The van der Waals surface area contributed by atoms with E-state index < -0.39 is 23.5 Å². The van der Waals surface area contributed by atoms with Gasteiger partial charge in [-0.3, -0.25) is 14.5 Å². The van der Waals surface area contributed by atoms with Gasteiger partial charge in [-0.25, -0.2) is 4.98 Å². The standard InChI is InChI=1S/C31H28N2O4S/c1-3-4-18-37-23-14-12-22(13-15-23)28-27(25(34)17-11-21-8-6-5-7-9-21)29(35)30(36)33(28)31-32-24-16-10-20(2)19-26(24)38-31/h5-17,19,28,35H,3-4,18H2,1-2H3. The largest absolute Gasteiger partial charge is 0.503 e. The zero-order valence-corrected chi connectivity index (χ0v) is 22.1. The molecule has 0 aliphatic carbocycles. The van der Waals surface area contributed by atoms with E-state index in [-0.39, 0.29) is 5.57 Å². The number of ketones is 1. The predicted octanol–water partition coefficient (Wildman–Crippen LogP) is 6.97. The first kappa shape index (κ1) is 25.4. The summed E-state index contributed by atoms with van der Waals surface area (Å²) in [6.45, 7) is 4.71. The first-order valence-electron chi connectivity index (χ1n) is 12.6. The molecule has 0 fully saturated rings. The van der Waals surface area contributed by atoms with E-state index in [0.717, 1.165) is 34.2 Å². The second kappa shape index (κ2) is 11.0. The lowest BCUT2D eigenvalue weighted by Crippen LogP contribution is -2.30. The Hall–Kier alpha value is -4.23. The van der Waals surface area contributed by atoms with Gasteiger partial charge in [0.15, 0.2) is 16.7 Å². The minimum Gasteiger partial charge on any atom is -0.503 e. The van der Waals surface area contributed by atoms with Crippen molar-refractivity contribution in [2.75, 3.05) is 11.5 Å². The van der Waals surface area contributed by atoms with Crippen molar-refractivity contribution in [2.24, 2.45) is 0 Å². The molecule has 0 bridgehead atoms. The number of ether oxygens (including phenoxy) is 1. The number of unbranched alkanes of at least 4 members (excludes halogenated alkanes) is 1. The molecule has 0 radical (unpaired) electrons. The summed E-state index contributed by atoms with van der Waals surface area (Å²) < 4.78 is 6.73. The summed E-state index contributed by atoms with van der Waals surface area (Å²) >= 11 is 1.36. The van der Waals surface area contributed by atoms with Gasteiger partial charge in [0.2, 0.25) is 0 Å². The number of anilines is 1. The van der Waals surface area contributed by atoms with Crippen LogP contribution in [0, 0.1) is 6.92 Å². The third kappa shape index (κ3) is 5.10. The Balaban J connectivity index is 1.55. The van der Waals surface area contributed by atoms with Crippen LogP contribution in [-0.4, -0.2) is 28.4 Å². The Bertz CT molecular complexity index is 1540. The number of allylic oxidation sites excluding steroid dienone is 1. The summed E-state index contributed by atoms with van der Waals surface area (Å²) in [6, 6.07) is 21.8. The maximum atomic E-state index is 13.5. The third-order valence-corrected chi connectivity index (χ3v) is 7.42. The first-order valence-corrected chi connectivity index (χ1v) is 13.4. The maximum Gasteiger partial charge on any atom is 0.296 e. The summed E-state index contributed by atoms with van der Waals surface area (Å²) in [5, 5.41) is 11.4. The molecule has 3 aromatic carbocycles. The zero-order chi connectivity index (χ0) is 26.6. The molecule has 7 heteroatoms. The van der Waals surface area contributed by atoms with Crippen LogP contribution in [0.4, 0.5) is 5.13 Å². The van der Waals surface area contributed by atoms with E-state index in [1.807, 2.05) is 79.7 Å². The lowest BCUT2D eigenvalue weighted by Gasteiger charge is -2.24. The molecule has 0 spiro atoms. The number of nitrogens with zero attached hydrogens (tertiary/aromatic N) is 2. The van der Waals surface area contributed by atoms with Gasteiger partial charge in [0.1, 0.15) is 5.75 Å². The fraction of sp³-hybridized carbons (Fsp3) is 0.194. The van der Waals surface area contributed by atoms with Crippen LogP contribution in [0.5, 0.6) is 5.75 Å². The Kier molecular flexibility index (Phi) is 7.38. The molecular weight excluding hydrogens is 496 g/mol. The lowest BCUT2D eigenvalue weighted by atomic mass is 9.95. The summed E-state index contributed by atoms with van der Waals surface area (Å²) in [5.74, 6) is -0.937. The van der Waals surface area contributed by atoms with Crippen LogP contribution in [0.1, 0.15) is 42.5 Å². The quantitative estimate of drug-likeness (QED) is 0.189. The van der Waals surface area contributed by atoms with Gasteiger partial charge in [-0.05, 0) is 60.4 Å². The highest BCUT2D eigenvalue weighted by Crippen LogP contribution is 2.44. The fourth-order valence-corrected chi connectivity index (χ4v) is 5.49. The fourth-order valence-electron chi connectivity index (χ4n) is 4.40. The van der Waals surface area contributed by atoms with Crippen LogP contribution in [0.25, 0.3) is 16.3 Å². The van der Waals surface area contributed by atoms with Crippen LogP contribution in [0.15, 0.2) is 90.2 Å². The number of aliphatic hydroxyl groups excluding tert-OH is 1. The van der Waals surface area contributed by atoms with E-state index in [1.54, 1.807) is 6.08 Å². The van der Waals surface area contributed by atoms with E-state index in [9.17, 15) is 14.7 Å². The van der Waals surface area contributed by atoms with Crippen LogP contribution >= 0.6 is 11.3 Å². The van der Waals surface area contributed by atoms with E-state index in [2.05, 4.69) is 11.9 Å². The van der Waals surface area contributed by atoms with Crippen molar-refractivity contribution < 1.29 is 19.4 Å². The molecule has 192 valence electrons. The number of aromatic nitrogens is 1. The molecule has 1 N–H and O–H groups in total. The molecule has 0 saturated heterocycles. The molecule has 5 rings (SSSR count). The molecule has 0 saturated carbocycles. The highest BCUT2D eigenvalue weighted by Gasteiger charge is 2.45. The van der Waals surface area contributed by atoms with Crippen molar-refractivity contribution in [2.45, 2.75) is 32.7 Å². The number of hydrogen-bond acceptors (Lipinski definition) is 6. The minimum atomic E-state index is -0.832. The number of carbonyl (C=O) groups is 2. The SMILES string of the molecule is CCCCOc1ccc(C2C(C(=O)C=Cc3ccccc3)=C(O)C(=O)N2c2nc3ccc(C)cc3s2)cc1. The second-order valence-electron chi connectivity index (χ2n) is 9.19. The van der Waals surface area contributed by atoms with Gasteiger partial charge < -0.3 is 9.84 Å². The topological polar surface area (TPSA) is 79.7 Å². The van der Waals surface area contributed by atoms with Crippen molar-refractivity contribution in [3.8, 4) is 5.75 Å². The first-order chi connectivity index (χ1) is 18.5.